The molecule has 0 spiro atoms. The molecule has 0 saturated carbocycles. The predicted molar refractivity (Wildman–Crippen MR) is 91.6 cm³/mol. The third-order valence-corrected chi connectivity index (χ3v) is 5.59. The molecule has 0 bridgehead atoms. The average molecular weight is 318 g/mol. The van der Waals surface area contributed by atoms with Crippen LogP contribution in [-0.4, -0.2) is 36.4 Å². The fourth-order valence-corrected chi connectivity index (χ4v) is 3.75. The van der Waals surface area contributed by atoms with E-state index in [9.17, 15) is 9.59 Å². The minimum atomic E-state index is -3.46. The molecule has 0 fully saturated rings. The monoisotopic (exact) mass is 318 g/mol. The van der Waals surface area contributed by atoms with E-state index in [1.165, 1.54) is 0 Å². The van der Waals surface area contributed by atoms with Gasteiger partial charge < -0.3 is 14.9 Å². The zero-order valence-electron chi connectivity index (χ0n) is 11.5. The van der Waals surface area contributed by atoms with Crippen molar-refractivity contribution in [2.75, 3.05) is 13.1 Å². The van der Waals surface area contributed by atoms with Gasteiger partial charge >= 0.3 is 8.56 Å². The van der Waals surface area contributed by atoms with Crippen LogP contribution in [0.2, 0.25) is 0 Å². The Morgan fingerprint density at radius 1 is 0.905 bits per heavy atom. The summed E-state index contributed by atoms with van der Waals surface area (Å²) >= 11 is 3.93. The van der Waals surface area contributed by atoms with Crippen LogP contribution in [0.5, 0.6) is 0 Å². The second-order valence-electron chi connectivity index (χ2n) is 4.54. The maximum absolute atomic E-state index is 10.2. The molecule has 0 atom stereocenters. The number of amidine groups is 1. The van der Waals surface area contributed by atoms with Gasteiger partial charge in [0, 0.05) is 6.54 Å². The van der Waals surface area contributed by atoms with Crippen LogP contribution < -0.4 is 15.7 Å². The number of hydrogen-bond donors (Lipinski definition) is 4. The summed E-state index contributed by atoms with van der Waals surface area (Å²) in [5.41, 5.74) is 0. The van der Waals surface area contributed by atoms with Crippen molar-refractivity contribution in [2.45, 2.75) is 0 Å². The quantitative estimate of drug-likeness (QED) is 0.469. The van der Waals surface area contributed by atoms with Gasteiger partial charge in [-0.1, -0.05) is 60.7 Å². The lowest BCUT2D eigenvalue weighted by molar-refractivity contribution is 0.401. The van der Waals surface area contributed by atoms with Crippen molar-refractivity contribution in [3.8, 4) is 0 Å². The van der Waals surface area contributed by atoms with Crippen molar-refractivity contribution in [2.24, 2.45) is 4.99 Å². The highest BCUT2D eigenvalue weighted by Gasteiger charge is 2.33. The molecule has 0 aromatic heterocycles. The lowest BCUT2D eigenvalue weighted by Crippen LogP contribution is -2.59. The Morgan fingerprint density at radius 2 is 1.38 bits per heavy atom. The molecule has 1 heterocycles. The van der Waals surface area contributed by atoms with Gasteiger partial charge in [-0.05, 0) is 10.4 Å². The number of benzene rings is 2. The standard InChI is InChI=1S/C12H12O2Si.C3H6N2S/c13-15(14,11-7-3-1-4-8-11)12-9-5-2-6-10-12;6-3-4-1-2-5-3/h1-10,13-14H;1-2H2,(H2,4,5,6). The van der Waals surface area contributed by atoms with Crippen molar-refractivity contribution in [1.29, 1.82) is 0 Å². The van der Waals surface area contributed by atoms with Crippen molar-refractivity contribution >= 4 is 36.7 Å². The summed E-state index contributed by atoms with van der Waals surface area (Å²) in [5.74, 6) is 0. The molecule has 3 rings (SSSR count). The molecule has 0 radical (unpaired) electrons. The second-order valence-corrected chi connectivity index (χ2v) is 7.46. The third kappa shape index (κ3) is 4.43. The molecule has 0 amide bonds. The van der Waals surface area contributed by atoms with Crippen molar-refractivity contribution < 1.29 is 9.59 Å². The number of aliphatic imine (C=N–C) groups is 1. The Hall–Kier alpha value is -1.60. The van der Waals surface area contributed by atoms with Crippen LogP contribution >= 0.6 is 12.6 Å². The molecule has 0 unspecified atom stereocenters. The maximum Gasteiger partial charge on any atom is 0.401 e. The lowest BCUT2D eigenvalue weighted by Gasteiger charge is -2.18. The van der Waals surface area contributed by atoms with Gasteiger partial charge in [0.25, 0.3) is 0 Å². The van der Waals surface area contributed by atoms with Crippen LogP contribution in [0.1, 0.15) is 0 Å². The predicted octanol–water partition coefficient (Wildman–Crippen LogP) is 0.103. The van der Waals surface area contributed by atoms with Crippen LogP contribution in [0.4, 0.5) is 0 Å². The molecule has 2 aromatic rings. The first-order valence-electron chi connectivity index (χ1n) is 6.64. The molecule has 0 aliphatic carbocycles. The van der Waals surface area contributed by atoms with E-state index in [0.717, 1.165) is 18.3 Å². The molecular formula is C15H18N2O2SSi. The highest BCUT2D eigenvalue weighted by atomic mass is 32.1. The summed E-state index contributed by atoms with van der Waals surface area (Å²) in [5, 5.41) is 4.92. The molecule has 21 heavy (non-hydrogen) atoms. The largest absolute Gasteiger partial charge is 0.404 e. The Balaban J connectivity index is 0.000000225. The summed E-state index contributed by atoms with van der Waals surface area (Å²) in [6.07, 6.45) is 0. The Kier molecular flexibility index (Phi) is 5.57. The van der Waals surface area contributed by atoms with E-state index < -0.39 is 8.56 Å². The van der Waals surface area contributed by atoms with E-state index in [1.807, 2.05) is 36.4 Å². The molecule has 1 aliphatic rings. The SMILES string of the molecule is O[Si](O)(c1ccccc1)c1ccccc1.SC1=NCCN1. The maximum atomic E-state index is 10.2. The summed E-state index contributed by atoms with van der Waals surface area (Å²) < 4.78 is 0. The number of nitrogens with zero attached hydrogens (tertiary/aromatic N) is 1. The first-order valence-corrected chi connectivity index (χ1v) is 8.98. The van der Waals surface area contributed by atoms with Gasteiger partial charge in [-0.15, -0.1) is 12.6 Å². The normalized spacial score (nSPS) is 13.8. The van der Waals surface area contributed by atoms with E-state index in [1.54, 1.807) is 24.3 Å². The van der Waals surface area contributed by atoms with Gasteiger partial charge in [-0.3, -0.25) is 4.99 Å². The third-order valence-electron chi connectivity index (χ3n) is 3.01. The molecule has 3 N–H and O–H groups in total. The molecule has 0 saturated heterocycles. The smallest absolute Gasteiger partial charge is 0.401 e. The minimum Gasteiger partial charge on any atom is -0.404 e. The van der Waals surface area contributed by atoms with Crippen LogP contribution in [0, 0.1) is 0 Å². The number of nitrogens with one attached hydrogen (secondary N) is 1. The van der Waals surface area contributed by atoms with E-state index in [4.69, 9.17) is 0 Å². The van der Waals surface area contributed by atoms with Gasteiger partial charge in [0.05, 0.1) is 6.54 Å². The van der Waals surface area contributed by atoms with Gasteiger partial charge in [0.15, 0.2) is 5.17 Å². The molecule has 6 heteroatoms. The van der Waals surface area contributed by atoms with Gasteiger partial charge in [0.2, 0.25) is 0 Å². The minimum absolute atomic E-state index is 0.608. The number of rotatable bonds is 2. The van der Waals surface area contributed by atoms with E-state index in [0.29, 0.717) is 10.4 Å². The number of thiol groups is 1. The second kappa shape index (κ2) is 7.42. The van der Waals surface area contributed by atoms with E-state index >= 15 is 0 Å². The first kappa shape index (κ1) is 15.8. The van der Waals surface area contributed by atoms with Crippen LogP contribution in [0.15, 0.2) is 65.7 Å². The Bertz CT molecular complexity index is 550. The Morgan fingerprint density at radius 3 is 1.67 bits per heavy atom. The van der Waals surface area contributed by atoms with Crippen molar-refractivity contribution in [3.05, 3.63) is 60.7 Å². The fraction of sp³-hybridized carbons (Fsp3) is 0.133. The Labute approximate surface area is 130 Å². The van der Waals surface area contributed by atoms with Crippen molar-refractivity contribution in [1.82, 2.24) is 5.32 Å². The molecule has 110 valence electrons. The zero-order chi connectivity index (χ0) is 15.1. The van der Waals surface area contributed by atoms with E-state index in [-0.39, 0.29) is 0 Å². The summed E-state index contributed by atoms with van der Waals surface area (Å²) in [6, 6.07) is 18.0. The van der Waals surface area contributed by atoms with E-state index in [2.05, 4.69) is 22.9 Å². The summed E-state index contributed by atoms with van der Waals surface area (Å²) in [6.45, 7) is 1.84. The van der Waals surface area contributed by atoms with Gasteiger partial charge in [0.1, 0.15) is 0 Å². The molecule has 1 aliphatic heterocycles. The fourth-order valence-electron chi connectivity index (χ4n) is 1.89. The summed E-state index contributed by atoms with van der Waals surface area (Å²) in [4.78, 5) is 24.2. The highest BCUT2D eigenvalue weighted by molar-refractivity contribution is 7.96. The topological polar surface area (TPSA) is 64.8 Å². The van der Waals surface area contributed by atoms with Crippen LogP contribution in [0.3, 0.4) is 0 Å². The molecule has 2 aromatic carbocycles. The lowest BCUT2D eigenvalue weighted by atomic mass is 10.4. The molecule has 4 nitrogen and oxygen atoms in total. The van der Waals surface area contributed by atoms with Gasteiger partial charge in [-0.2, -0.15) is 0 Å². The van der Waals surface area contributed by atoms with Crippen LogP contribution in [-0.2, 0) is 0 Å². The number of hydrogen-bond acceptors (Lipinski definition) is 4. The zero-order valence-corrected chi connectivity index (χ0v) is 13.4. The van der Waals surface area contributed by atoms with Crippen molar-refractivity contribution in [3.63, 3.8) is 0 Å². The van der Waals surface area contributed by atoms with Crippen LogP contribution in [0.25, 0.3) is 0 Å². The molecular weight excluding hydrogens is 300 g/mol. The summed E-state index contributed by atoms with van der Waals surface area (Å²) in [7, 11) is -3.46. The first-order chi connectivity index (χ1) is 10.1. The highest BCUT2D eigenvalue weighted by Crippen LogP contribution is 1.97. The van der Waals surface area contributed by atoms with Gasteiger partial charge in [-0.25, -0.2) is 0 Å². The average Bonchev–Trinajstić information content (AvgIpc) is 3.01.